The van der Waals surface area contributed by atoms with Crippen molar-refractivity contribution in [2.75, 3.05) is 5.32 Å². The lowest BCUT2D eigenvalue weighted by Gasteiger charge is -2.13. The van der Waals surface area contributed by atoms with E-state index in [-0.39, 0.29) is 11.6 Å². The van der Waals surface area contributed by atoms with Crippen molar-refractivity contribution < 1.29 is 9.59 Å². The Morgan fingerprint density at radius 1 is 1.05 bits per heavy atom. The lowest BCUT2D eigenvalue weighted by molar-refractivity contribution is -0.114. The fourth-order valence-corrected chi connectivity index (χ4v) is 1.95. The van der Waals surface area contributed by atoms with E-state index in [9.17, 15) is 9.59 Å². The van der Waals surface area contributed by atoms with Crippen LogP contribution in [0.5, 0.6) is 0 Å². The van der Waals surface area contributed by atoms with Crippen LogP contribution in [0.4, 0.5) is 5.69 Å². The Morgan fingerprint density at radius 2 is 1.89 bits per heavy atom. The van der Waals surface area contributed by atoms with Gasteiger partial charge in [0.2, 0.25) is 0 Å². The normalized spacial score (nSPS) is 17.3. The molecule has 0 radical (unpaired) electrons. The van der Waals surface area contributed by atoms with Gasteiger partial charge < -0.3 is 5.32 Å². The third-order valence-electron chi connectivity index (χ3n) is 2.89. The number of benzene rings is 1. The molecule has 1 aliphatic carbocycles. The van der Waals surface area contributed by atoms with Crippen LogP contribution >= 0.6 is 0 Å². The van der Waals surface area contributed by atoms with E-state index in [1.54, 1.807) is 12.4 Å². The number of nitrogens with one attached hydrogen (secondary N) is 1. The van der Waals surface area contributed by atoms with Gasteiger partial charge in [-0.3, -0.25) is 14.6 Å². The molecule has 3 rings (SSSR count). The number of ketones is 2. The number of carbonyl (C=O) groups is 2. The van der Waals surface area contributed by atoms with Gasteiger partial charge in [-0.1, -0.05) is 18.2 Å². The Hall–Kier alpha value is -2.75. The van der Waals surface area contributed by atoms with Crippen molar-refractivity contribution in [3.05, 3.63) is 65.5 Å². The molecule has 0 saturated carbocycles. The van der Waals surface area contributed by atoms with E-state index in [1.807, 2.05) is 24.3 Å². The summed E-state index contributed by atoms with van der Waals surface area (Å²) in [5.74, 6) is -0.397. The van der Waals surface area contributed by atoms with Crippen molar-refractivity contribution in [3.63, 3.8) is 0 Å². The summed E-state index contributed by atoms with van der Waals surface area (Å²) in [5.41, 5.74) is 2.65. The zero-order chi connectivity index (χ0) is 13.2. The van der Waals surface area contributed by atoms with Crippen LogP contribution in [0.1, 0.15) is 5.56 Å². The van der Waals surface area contributed by atoms with Crippen molar-refractivity contribution in [1.82, 2.24) is 0 Å². The van der Waals surface area contributed by atoms with Crippen LogP contribution in [0.25, 0.3) is 0 Å². The van der Waals surface area contributed by atoms with Gasteiger partial charge in [0.1, 0.15) is 0 Å². The molecule has 4 heteroatoms. The minimum Gasteiger partial charge on any atom is -0.353 e. The van der Waals surface area contributed by atoms with Crippen LogP contribution in [-0.2, 0) is 9.59 Å². The fourth-order valence-electron chi connectivity index (χ4n) is 1.95. The van der Waals surface area contributed by atoms with Gasteiger partial charge in [-0.05, 0) is 24.3 Å². The summed E-state index contributed by atoms with van der Waals surface area (Å²) in [6, 6.07) is 7.62. The van der Waals surface area contributed by atoms with Crippen LogP contribution in [0.3, 0.4) is 0 Å². The van der Waals surface area contributed by atoms with E-state index >= 15 is 0 Å². The summed E-state index contributed by atoms with van der Waals surface area (Å²) in [4.78, 5) is 27.4. The highest BCUT2D eigenvalue weighted by atomic mass is 16.1. The van der Waals surface area contributed by atoms with Gasteiger partial charge in [-0.25, -0.2) is 0 Å². The smallest absolute Gasteiger partial charge is 0.188 e. The van der Waals surface area contributed by atoms with Crippen molar-refractivity contribution in [2.45, 2.75) is 0 Å². The highest BCUT2D eigenvalue weighted by Gasteiger charge is 2.19. The summed E-state index contributed by atoms with van der Waals surface area (Å²) in [7, 11) is 0. The minimum atomic E-state index is -0.201. The van der Waals surface area contributed by atoms with E-state index in [1.165, 1.54) is 18.2 Å². The highest BCUT2D eigenvalue weighted by Crippen LogP contribution is 2.23. The Morgan fingerprint density at radius 3 is 2.79 bits per heavy atom. The Balaban J connectivity index is 2.00. The summed E-state index contributed by atoms with van der Waals surface area (Å²) in [6.45, 7) is 0. The monoisotopic (exact) mass is 250 g/mol. The zero-order valence-electron chi connectivity index (χ0n) is 9.96. The maximum Gasteiger partial charge on any atom is 0.188 e. The summed E-state index contributed by atoms with van der Waals surface area (Å²) < 4.78 is 0. The second kappa shape index (κ2) is 4.49. The molecule has 19 heavy (non-hydrogen) atoms. The van der Waals surface area contributed by atoms with Crippen molar-refractivity contribution in [1.29, 1.82) is 0 Å². The van der Waals surface area contributed by atoms with E-state index in [4.69, 9.17) is 0 Å². The van der Waals surface area contributed by atoms with Crippen molar-refractivity contribution >= 4 is 23.5 Å². The molecule has 0 saturated heterocycles. The van der Waals surface area contributed by atoms with Gasteiger partial charge in [0.05, 0.1) is 17.5 Å². The molecule has 1 aliphatic heterocycles. The third-order valence-corrected chi connectivity index (χ3v) is 2.89. The molecule has 1 aromatic carbocycles. The second-order valence-electron chi connectivity index (χ2n) is 4.19. The van der Waals surface area contributed by atoms with E-state index in [0.29, 0.717) is 11.3 Å². The van der Waals surface area contributed by atoms with Crippen LogP contribution < -0.4 is 5.32 Å². The maximum atomic E-state index is 11.8. The third kappa shape index (κ3) is 2.15. The number of nitrogens with zero attached hydrogens (tertiary/aromatic N) is 1. The predicted octanol–water partition coefficient (Wildman–Crippen LogP) is 2.01. The average Bonchev–Trinajstić information content (AvgIpc) is 2.63. The number of allylic oxidation sites excluding steroid dienone is 4. The van der Waals surface area contributed by atoms with Crippen LogP contribution in [0, 0.1) is 0 Å². The largest absolute Gasteiger partial charge is 0.353 e. The van der Waals surface area contributed by atoms with E-state index < -0.39 is 0 Å². The van der Waals surface area contributed by atoms with E-state index in [0.717, 1.165) is 11.3 Å². The lowest BCUT2D eigenvalue weighted by Crippen LogP contribution is -2.14. The highest BCUT2D eigenvalue weighted by molar-refractivity contribution is 6.19. The number of hydrogen-bond donors (Lipinski definition) is 1. The van der Waals surface area contributed by atoms with Crippen LogP contribution in [-0.4, -0.2) is 17.8 Å². The van der Waals surface area contributed by atoms with Crippen LogP contribution in [0.2, 0.25) is 0 Å². The SMILES string of the molecule is O=C1C=CC(=O)C(C2=CN=Cc3ccccc3N2)=C1. The van der Waals surface area contributed by atoms with Gasteiger partial charge in [-0.15, -0.1) is 0 Å². The van der Waals surface area contributed by atoms with Crippen molar-refractivity contribution in [3.8, 4) is 0 Å². The van der Waals surface area contributed by atoms with Gasteiger partial charge in [-0.2, -0.15) is 0 Å². The Bertz CT molecular complexity index is 694. The molecule has 2 aliphatic rings. The minimum absolute atomic E-state index is 0.196. The van der Waals surface area contributed by atoms with Gasteiger partial charge in [0, 0.05) is 17.5 Å². The molecule has 1 aromatic rings. The standard InChI is InChI=1S/C15H10N2O2/c18-11-5-6-15(19)12(7-11)14-9-16-8-10-3-1-2-4-13(10)17-14/h1-9,17H. The molecule has 4 nitrogen and oxygen atoms in total. The first-order valence-corrected chi connectivity index (χ1v) is 5.82. The summed E-state index contributed by atoms with van der Waals surface area (Å²) in [5, 5.41) is 3.14. The number of hydrogen-bond acceptors (Lipinski definition) is 4. The number of para-hydroxylation sites is 1. The molecular formula is C15H10N2O2. The van der Waals surface area contributed by atoms with Gasteiger partial charge in [0.25, 0.3) is 0 Å². The molecule has 0 amide bonds. The number of rotatable bonds is 1. The molecule has 0 spiro atoms. The first-order valence-electron chi connectivity index (χ1n) is 5.82. The topological polar surface area (TPSA) is 58.5 Å². The quantitative estimate of drug-likeness (QED) is 0.775. The first kappa shape index (κ1) is 11.3. The van der Waals surface area contributed by atoms with Crippen LogP contribution in [0.15, 0.2) is 65.0 Å². The first-order chi connectivity index (χ1) is 9.24. The number of fused-ring (bicyclic) bond motifs is 1. The van der Waals surface area contributed by atoms with Crippen molar-refractivity contribution in [2.24, 2.45) is 4.99 Å². The van der Waals surface area contributed by atoms with Gasteiger partial charge in [0.15, 0.2) is 11.6 Å². The molecule has 0 atom stereocenters. The molecule has 0 bridgehead atoms. The number of carbonyl (C=O) groups excluding carboxylic acids is 2. The molecule has 0 unspecified atom stereocenters. The zero-order valence-corrected chi connectivity index (χ0v) is 9.96. The molecule has 92 valence electrons. The van der Waals surface area contributed by atoms with E-state index in [2.05, 4.69) is 10.3 Å². The number of aliphatic imine (C=N–C) groups is 1. The Labute approximate surface area is 109 Å². The lowest BCUT2D eigenvalue weighted by atomic mass is 10.0. The average molecular weight is 250 g/mol. The molecule has 1 heterocycles. The molecule has 0 aromatic heterocycles. The maximum absolute atomic E-state index is 11.8. The van der Waals surface area contributed by atoms with Gasteiger partial charge >= 0.3 is 0 Å². The fraction of sp³-hybridized carbons (Fsp3) is 0. The molecular weight excluding hydrogens is 240 g/mol. The predicted molar refractivity (Wildman–Crippen MR) is 73.0 cm³/mol. The second-order valence-corrected chi connectivity index (χ2v) is 4.19. The molecule has 0 fully saturated rings. The summed E-state index contributed by atoms with van der Waals surface area (Å²) in [6.07, 6.45) is 7.13. The number of anilines is 1. The summed E-state index contributed by atoms with van der Waals surface area (Å²) >= 11 is 0. The Kier molecular flexibility index (Phi) is 2.68. The molecule has 1 N–H and O–H groups in total.